The summed E-state index contributed by atoms with van der Waals surface area (Å²) in [6.45, 7) is 5.77. The number of nitrogens with zero attached hydrogens (tertiary/aromatic N) is 1. The van der Waals surface area contributed by atoms with Crippen molar-refractivity contribution in [3.63, 3.8) is 0 Å². The molecule has 3 heteroatoms. The van der Waals surface area contributed by atoms with Crippen LogP contribution in [0.5, 0.6) is 0 Å². The molecule has 0 N–H and O–H groups in total. The highest BCUT2D eigenvalue weighted by atomic mass is 19.1. The number of fused-ring (bicyclic) bond motifs is 1. The van der Waals surface area contributed by atoms with E-state index in [0.29, 0.717) is 23.1 Å². The number of benzene rings is 1. The Morgan fingerprint density at radius 2 is 2.04 bits per heavy atom. The molecule has 0 aromatic heterocycles. The van der Waals surface area contributed by atoms with Gasteiger partial charge in [-0.1, -0.05) is 43.0 Å². The molecule has 0 unspecified atom stereocenters. The molecule has 0 saturated heterocycles. The van der Waals surface area contributed by atoms with Crippen LogP contribution in [0.1, 0.15) is 35.2 Å². The highest BCUT2D eigenvalue weighted by Crippen LogP contribution is 2.41. The van der Waals surface area contributed by atoms with E-state index >= 15 is 0 Å². The van der Waals surface area contributed by atoms with Crippen molar-refractivity contribution in [1.82, 2.24) is 4.90 Å². The number of rotatable bonds is 4. The first-order valence-electron chi connectivity index (χ1n) is 7.64. The molecular weight excluding hydrogens is 289 g/mol. The molecule has 0 spiro atoms. The Kier molecular flexibility index (Phi) is 5.32. The van der Waals surface area contributed by atoms with Crippen LogP contribution in [0.3, 0.4) is 0 Å². The standard InChI is InChI=1S/C20H22FNO/c1-5-6-11-19(21)14(2)18-12-15(13-22(3)4)20(23)17-10-8-7-9-16(17)18/h5-11,13,18H,2,12H2,1,3-4H3/b6-5-,15-13+,19-11+/t18-/m0/s1. The van der Waals surface area contributed by atoms with Crippen molar-refractivity contribution in [3.8, 4) is 0 Å². The molecule has 0 bridgehead atoms. The second kappa shape index (κ2) is 7.23. The van der Waals surface area contributed by atoms with Gasteiger partial charge in [0.1, 0.15) is 5.83 Å². The van der Waals surface area contributed by atoms with Crippen molar-refractivity contribution in [3.05, 3.63) is 83.4 Å². The van der Waals surface area contributed by atoms with Gasteiger partial charge in [0.15, 0.2) is 5.78 Å². The molecule has 0 fully saturated rings. The van der Waals surface area contributed by atoms with Crippen molar-refractivity contribution in [2.45, 2.75) is 19.3 Å². The van der Waals surface area contributed by atoms with Gasteiger partial charge in [-0.25, -0.2) is 4.39 Å². The minimum atomic E-state index is -0.346. The van der Waals surface area contributed by atoms with Crippen LogP contribution in [0.15, 0.2) is 72.2 Å². The molecule has 2 nitrogen and oxygen atoms in total. The number of allylic oxidation sites excluding steroid dienone is 6. The van der Waals surface area contributed by atoms with Gasteiger partial charge in [-0.3, -0.25) is 4.79 Å². The van der Waals surface area contributed by atoms with Crippen LogP contribution in [0.4, 0.5) is 4.39 Å². The van der Waals surface area contributed by atoms with E-state index in [1.165, 1.54) is 6.08 Å². The maximum absolute atomic E-state index is 14.3. The first kappa shape index (κ1) is 16.9. The van der Waals surface area contributed by atoms with Gasteiger partial charge >= 0.3 is 0 Å². The molecule has 0 heterocycles. The van der Waals surface area contributed by atoms with Crippen molar-refractivity contribution < 1.29 is 9.18 Å². The van der Waals surface area contributed by atoms with Gasteiger partial charge in [-0.2, -0.15) is 0 Å². The van der Waals surface area contributed by atoms with Crippen LogP contribution in [0, 0.1) is 0 Å². The molecule has 0 radical (unpaired) electrons. The Hall–Kier alpha value is -2.42. The number of carbonyl (C=O) groups is 1. The van der Waals surface area contributed by atoms with Crippen molar-refractivity contribution in [2.75, 3.05) is 14.1 Å². The Morgan fingerprint density at radius 3 is 2.70 bits per heavy atom. The average Bonchev–Trinajstić information content (AvgIpc) is 2.54. The third kappa shape index (κ3) is 3.67. The summed E-state index contributed by atoms with van der Waals surface area (Å²) in [5, 5.41) is 0. The van der Waals surface area contributed by atoms with E-state index < -0.39 is 0 Å². The molecule has 0 saturated carbocycles. The third-order valence-corrected chi connectivity index (χ3v) is 3.87. The van der Waals surface area contributed by atoms with Crippen LogP contribution in [-0.2, 0) is 0 Å². The van der Waals surface area contributed by atoms with Gasteiger partial charge in [-0.05, 0) is 30.6 Å². The summed E-state index contributed by atoms with van der Waals surface area (Å²) in [4.78, 5) is 14.5. The SMILES string of the molecule is C=C(/C(F)=C\C=C/C)[C@@H]1C/C(=C\N(C)C)C(=O)c2ccccc21. The summed E-state index contributed by atoms with van der Waals surface area (Å²) in [6.07, 6.45) is 7.10. The smallest absolute Gasteiger partial charge is 0.190 e. The number of carbonyl (C=O) groups excluding carboxylic acids is 1. The Balaban J connectivity index is 2.49. The molecule has 2 rings (SSSR count). The summed E-state index contributed by atoms with van der Waals surface area (Å²) < 4.78 is 14.3. The van der Waals surface area contributed by atoms with E-state index in [4.69, 9.17) is 0 Å². The highest BCUT2D eigenvalue weighted by molar-refractivity contribution is 6.11. The normalized spacial score (nSPS) is 20.0. The number of Topliss-reactive ketones (excluding diaryl/α,β-unsaturated/α-hetero) is 1. The summed E-state index contributed by atoms with van der Waals surface area (Å²) in [5.74, 6) is -0.561. The zero-order valence-corrected chi connectivity index (χ0v) is 13.8. The minimum Gasteiger partial charge on any atom is -0.383 e. The Morgan fingerprint density at radius 1 is 1.35 bits per heavy atom. The molecule has 1 aromatic rings. The van der Waals surface area contributed by atoms with Gasteiger partial charge in [-0.15, -0.1) is 0 Å². The van der Waals surface area contributed by atoms with Crippen molar-refractivity contribution >= 4 is 5.78 Å². The highest BCUT2D eigenvalue weighted by Gasteiger charge is 2.31. The summed E-state index contributed by atoms with van der Waals surface area (Å²) in [7, 11) is 3.74. The first-order valence-corrected chi connectivity index (χ1v) is 7.64. The summed E-state index contributed by atoms with van der Waals surface area (Å²) in [6, 6.07) is 7.40. The quantitative estimate of drug-likeness (QED) is 0.589. The zero-order chi connectivity index (χ0) is 17.0. The monoisotopic (exact) mass is 311 g/mol. The first-order chi connectivity index (χ1) is 11.0. The summed E-state index contributed by atoms with van der Waals surface area (Å²) >= 11 is 0. The van der Waals surface area contributed by atoms with Crippen LogP contribution in [0.2, 0.25) is 0 Å². The maximum Gasteiger partial charge on any atom is 0.190 e. The molecule has 1 aliphatic rings. The fourth-order valence-electron chi connectivity index (χ4n) is 2.79. The van der Waals surface area contributed by atoms with E-state index in [1.54, 1.807) is 18.2 Å². The van der Waals surface area contributed by atoms with Gasteiger partial charge in [0.05, 0.1) is 0 Å². The maximum atomic E-state index is 14.3. The molecule has 0 amide bonds. The molecule has 0 aliphatic heterocycles. The Labute approximate surface area is 137 Å². The predicted molar refractivity (Wildman–Crippen MR) is 93.0 cm³/mol. The van der Waals surface area contributed by atoms with Crippen LogP contribution in [0.25, 0.3) is 0 Å². The molecule has 23 heavy (non-hydrogen) atoms. The average molecular weight is 311 g/mol. The fourth-order valence-corrected chi connectivity index (χ4v) is 2.79. The van der Waals surface area contributed by atoms with E-state index in [9.17, 15) is 9.18 Å². The number of halogens is 1. The van der Waals surface area contributed by atoms with Gasteiger partial charge in [0.25, 0.3) is 0 Å². The van der Waals surface area contributed by atoms with E-state index in [1.807, 2.05) is 50.3 Å². The van der Waals surface area contributed by atoms with Crippen molar-refractivity contribution in [1.29, 1.82) is 0 Å². The lowest BCUT2D eigenvalue weighted by atomic mass is 9.76. The summed E-state index contributed by atoms with van der Waals surface area (Å²) in [5.41, 5.74) is 2.57. The minimum absolute atomic E-state index is 0.0104. The number of hydrogen-bond acceptors (Lipinski definition) is 2. The molecule has 1 aromatic carbocycles. The molecule has 1 atom stereocenters. The number of ketones is 1. The van der Waals surface area contributed by atoms with E-state index in [-0.39, 0.29) is 17.5 Å². The lowest BCUT2D eigenvalue weighted by Crippen LogP contribution is -2.21. The lowest BCUT2D eigenvalue weighted by molar-refractivity contribution is 0.102. The lowest BCUT2D eigenvalue weighted by Gasteiger charge is -2.28. The van der Waals surface area contributed by atoms with E-state index in [2.05, 4.69) is 6.58 Å². The van der Waals surface area contributed by atoms with E-state index in [0.717, 1.165) is 5.56 Å². The molecular formula is C20H22FNO. The third-order valence-electron chi connectivity index (χ3n) is 3.87. The van der Waals surface area contributed by atoms with Gasteiger partial charge < -0.3 is 4.90 Å². The largest absolute Gasteiger partial charge is 0.383 e. The van der Waals surface area contributed by atoms with Crippen LogP contribution >= 0.6 is 0 Å². The molecule has 1 aliphatic carbocycles. The predicted octanol–water partition coefficient (Wildman–Crippen LogP) is 4.79. The van der Waals surface area contributed by atoms with Crippen molar-refractivity contribution in [2.24, 2.45) is 0 Å². The topological polar surface area (TPSA) is 20.3 Å². The second-order valence-electron chi connectivity index (χ2n) is 5.86. The van der Waals surface area contributed by atoms with Crippen LogP contribution in [-0.4, -0.2) is 24.8 Å². The fraction of sp³-hybridized carbons (Fsp3) is 0.250. The van der Waals surface area contributed by atoms with Gasteiger partial charge in [0.2, 0.25) is 0 Å². The Bertz CT molecular complexity index is 710. The molecule has 120 valence electrons. The number of hydrogen-bond donors (Lipinski definition) is 0. The zero-order valence-electron chi connectivity index (χ0n) is 13.8. The van der Waals surface area contributed by atoms with Crippen LogP contribution < -0.4 is 0 Å². The second-order valence-corrected chi connectivity index (χ2v) is 5.86. The van der Waals surface area contributed by atoms with Gasteiger partial charge in [0, 0.05) is 37.3 Å².